The van der Waals surface area contributed by atoms with Gasteiger partial charge in [0, 0.05) is 23.2 Å². The van der Waals surface area contributed by atoms with E-state index in [1.807, 2.05) is 6.92 Å². The van der Waals surface area contributed by atoms with Crippen molar-refractivity contribution in [2.45, 2.75) is 13.3 Å². The highest BCUT2D eigenvalue weighted by molar-refractivity contribution is 6.35. The smallest absolute Gasteiger partial charge is 0.229 e. The van der Waals surface area contributed by atoms with E-state index in [9.17, 15) is 4.79 Å². The molecular weight excluding hydrogens is 285 g/mol. The maximum Gasteiger partial charge on any atom is 0.229 e. The first-order chi connectivity index (χ1) is 8.95. The normalized spacial score (nSPS) is 10.5. The van der Waals surface area contributed by atoms with Gasteiger partial charge in [-0.25, -0.2) is 0 Å². The third-order valence-corrected chi connectivity index (χ3v) is 3.22. The van der Waals surface area contributed by atoms with E-state index in [2.05, 4.69) is 10.4 Å². The Morgan fingerprint density at radius 3 is 2.68 bits per heavy atom. The van der Waals surface area contributed by atoms with Crippen molar-refractivity contribution in [3.05, 3.63) is 45.6 Å². The monoisotopic (exact) mass is 297 g/mol. The fourth-order valence-corrected chi connectivity index (χ4v) is 2.23. The zero-order valence-corrected chi connectivity index (χ0v) is 12.1. The Morgan fingerprint density at radius 2 is 2.11 bits per heavy atom. The van der Waals surface area contributed by atoms with Gasteiger partial charge in [-0.2, -0.15) is 5.10 Å². The van der Waals surface area contributed by atoms with E-state index >= 15 is 0 Å². The van der Waals surface area contributed by atoms with E-state index < -0.39 is 0 Å². The fourth-order valence-electron chi connectivity index (χ4n) is 1.75. The van der Waals surface area contributed by atoms with Crippen molar-refractivity contribution in [2.75, 3.05) is 5.32 Å². The largest absolute Gasteiger partial charge is 0.311 e. The van der Waals surface area contributed by atoms with E-state index in [1.54, 1.807) is 36.0 Å². The van der Waals surface area contributed by atoms with E-state index in [-0.39, 0.29) is 12.3 Å². The molecule has 0 radical (unpaired) electrons. The number of aromatic nitrogens is 2. The van der Waals surface area contributed by atoms with Crippen LogP contribution in [0.1, 0.15) is 11.3 Å². The summed E-state index contributed by atoms with van der Waals surface area (Å²) < 4.78 is 1.62. The van der Waals surface area contributed by atoms with Crippen molar-refractivity contribution in [3.8, 4) is 0 Å². The summed E-state index contributed by atoms with van der Waals surface area (Å²) in [5.74, 6) is 0.514. The molecule has 0 saturated heterocycles. The minimum Gasteiger partial charge on any atom is -0.311 e. The van der Waals surface area contributed by atoms with Gasteiger partial charge in [-0.15, -0.1) is 0 Å². The van der Waals surface area contributed by atoms with Crippen molar-refractivity contribution in [1.82, 2.24) is 9.78 Å². The zero-order chi connectivity index (χ0) is 14.0. The molecule has 2 rings (SSSR count). The van der Waals surface area contributed by atoms with Gasteiger partial charge in [0.25, 0.3) is 0 Å². The number of aryl methyl sites for hydroxylation is 2. The lowest BCUT2D eigenvalue weighted by molar-refractivity contribution is -0.115. The highest BCUT2D eigenvalue weighted by Gasteiger charge is 2.10. The Labute approximate surface area is 121 Å². The number of benzene rings is 1. The van der Waals surface area contributed by atoms with Crippen LogP contribution in [-0.2, 0) is 18.3 Å². The topological polar surface area (TPSA) is 46.9 Å². The Morgan fingerprint density at radius 1 is 1.37 bits per heavy atom. The Hall–Kier alpha value is -1.52. The van der Waals surface area contributed by atoms with E-state index in [1.165, 1.54) is 0 Å². The third-order valence-electron chi connectivity index (χ3n) is 2.64. The highest BCUT2D eigenvalue weighted by Crippen LogP contribution is 2.21. The molecule has 0 saturated carbocycles. The summed E-state index contributed by atoms with van der Waals surface area (Å²) >= 11 is 11.8. The van der Waals surface area contributed by atoms with Gasteiger partial charge in [0.15, 0.2) is 0 Å². The van der Waals surface area contributed by atoms with Crippen molar-refractivity contribution in [1.29, 1.82) is 0 Å². The maximum absolute atomic E-state index is 11.9. The summed E-state index contributed by atoms with van der Waals surface area (Å²) in [6, 6.07) is 6.89. The molecule has 0 aliphatic rings. The first-order valence-electron chi connectivity index (χ1n) is 5.70. The fraction of sp³-hybridized carbons (Fsp3) is 0.231. The van der Waals surface area contributed by atoms with E-state index in [0.29, 0.717) is 15.9 Å². The van der Waals surface area contributed by atoms with Gasteiger partial charge >= 0.3 is 0 Å². The Bertz CT molecular complexity index is 622. The van der Waals surface area contributed by atoms with E-state index in [0.717, 1.165) is 11.3 Å². The van der Waals surface area contributed by atoms with Crippen LogP contribution >= 0.6 is 23.2 Å². The number of hydrogen-bond acceptors (Lipinski definition) is 2. The van der Waals surface area contributed by atoms with Crippen LogP contribution in [0.3, 0.4) is 0 Å². The molecule has 0 fully saturated rings. The number of carbonyl (C=O) groups excluding carboxylic acids is 1. The molecule has 0 unspecified atom stereocenters. The van der Waals surface area contributed by atoms with Crippen LogP contribution in [0.15, 0.2) is 24.3 Å². The van der Waals surface area contributed by atoms with Gasteiger partial charge in [0.05, 0.1) is 12.1 Å². The molecule has 0 bridgehead atoms. The molecule has 1 amide bonds. The van der Waals surface area contributed by atoms with Crippen LogP contribution < -0.4 is 5.32 Å². The number of rotatable bonds is 3. The molecule has 4 nitrogen and oxygen atoms in total. The average molecular weight is 298 g/mol. The van der Waals surface area contributed by atoms with Crippen molar-refractivity contribution in [2.24, 2.45) is 7.05 Å². The van der Waals surface area contributed by atoms with Gasteiger partial charge in [-0.05, 0) is 24.6 Å². The van der Waals surface area contributed by atoms with Gasteiger partial charge in [-0.3, -0.25) is 9.48 Å². The predicted octanol–water partition coefficient (Wildman–Crippen LogP) is 3.22. The summed E-state index contributed by atoms with van der Waals surface area (Å²) in [5.41, 5.74) is 1.59. The number of nitrogens with one attached hydrogen (secondary N) is 1. The molecule has 1 heterocycles. The second-order valence-corrected chi connectivity index (χ2v) is 5.10. The van der Waals surface area contributed by atoms with Crippen LogP contribution in [0.25, 0.3) is 0 Å². The average Bonchev–Trinajstić information content (AvgIpc) is 2.61. The van der Waals surface area contributed by atoms with Gasteiger partial charge in [0.2, 0.25) is 5.91 Å². The standard InChI is InChI=1S/C13H13Cl2N3O/c1-8-5-12(18(2)17-8)16-13(19)6-9-3-4-10(14)7-11(9)15/h3-5,7H,6H2,1-2H3,(H,16,19). The SMILES string of the molecule is Cc1cc(NC(=O)Cc2ccc(Cl)cc2Cl)n(C)n1. The molecule has 6 heteroatoms. The van der Waals surface area contributed by atoms with Crippen molar-refractivity contribution in [3.63, 3.8) is 0 Å². The molecule has 19 heavy (non-hydrogen) atoms. The molecule has 1 aromatic heterocycles. The minimum atomic E-state index is -0.146. The number of carbonyl (C=O) groups is 1. The van der Waals surface area contributed by atoms with Crippen molar-refractivity contribution < 1.29 is 4.79 Å². The van der Waals surface area contributed by atoms with Crippen LogP contribution in [0.5, 0.6) is 0 Å². The lowest BCUT2D eigenvalue weighted by Crippen LogP contribution is -2.16. The molecule has 1 N–H and O–H groups in total. The lowest BCUT2D eigenvalue weighted by atomic mass is 10.1. The predicted molar refractivity (Wildman–Crippen MR) is 76.7 cm³/mol. The molecular formula is C13H13Cl2N3O. The van der Waals surface area contributed by atoms with Gasteiger partial charge in [0.1, 0.15) is 5.82 Å². The second kappa shape index (κ2) is 5.63. The number of halogens is 2. The molecule has 1 aromatic carbocycles. The highest BCUT2D eigenvalue weighted by atomic mass is 35.5. The first kappa shape index (κ1) is 13.9. The summed E-state index contributed by atoms with van der Waals surface area (Å²) in [6.07, 6.45) is 0.195. The maximum atomic E-state index is 11.9. The molecule has 0 spiro atoms. The molecule has 100 valence electrons. The Balaban J connectivity index is 2.07. The summed E-state index contributed by atoms with van der Waals surface area (Å²) in [7, 11) is 1.78. The quantitative estimate of drug-likeness (QED) is 0.945. The number of anilines is 1. The van der Waals surface area contributed by atoms with Crippen molar-refractivity contribution >= 4 is 34.9 Å². The number of hydrogen-bond donors (Lipinski definition) is 1. The van der Waals surface area contributed by atoms with Crippen LogP contribution in [-0.4, -0.2) is 15.7 Å². The summed E-state index contributed by atoms with van der Waals surface area (Å²) in [5, 5.41) is 7.99. The third kappa shape index (κ3) is 3.49. The summed E-state index contributed by atoms with van der Waals surface area (Å²) in [6.45, 7) is 1.87. The van der Waals surface area contributed by atoms with E-state index in [4.69, 9.17) is 23.2 Å². The molecule has 2 aromatic rings. The van der Waals surface area contributed by atoms with Gasteiger partial charge < -0.3 is 5.32 Å². The minimum absolute atomic E-state index is 0.146. The van der Waals surface area contributed by atoms with Crippen LogP contribution in [0.4, 0.5) is 5.82 Å². The number of amides is 1. The van der Waals surface area contributed by atoms with Crippen LogP contribution in [0, 0.1) is 6.92 Å². The zero-order valence-electron chi connectivity index (χ0n) is 10.6. The molecule has 0 aliphatic carbocycles. The molecule has 0 aliphatic heterocycles. The van der Waals surface area contributed by atoms with Crippen LogP contribution in [0.2, 0.25) is 10.0 Å². The Kier molecular flexibility index (Phi) is 4.12. The number of nitrogens with zero attached hydrogens (tertiary/aromatic N) is 2. The first-order valence-corrected chi connectivity index (χ1v) is 6.45. The summed E-state index contributed by atoms with van der Waals surface area (Å²) in [4.78, 5) is 11.9. The second-order valence-electron chi connectivity index (χ2n) is 4.26. The van der Waals surface area contributed by atoms with Gasteiger partial charge in [-0.1, -0.05) is 29.3 Å². The lowest BCUT2D eigenvalue weighted by Gasteiger charge is -2.06. The molecule has 0 atom stereocenters.